The van der Waals surface area contributed by atoms with Crippen molar-refractivity contribution in [3.63, 3.8) is 0 Å². The lowest BCUT2D eigenvalue weighted by molar-refractivity contribution is 0.00578. The van der Waals surface area contributed by atoms with E-state index in [4.69, 9.17) is 14.6 Å². The Morgan fingerprint density at radius 2 is 1.58 bits per heavy atom. The Morgan fingerprint density at radius 3 is 2.05 bits per heavy atom. The molecule has 0 bridgehead atoms. The zero-order chi connectivity index (χ0) is 14.1. The molecule has 1 aromatic carbocycles. The monoisotopic (exact) mass is 255 g/mol. The maximum Gasteiger partial charge on any atom is 0.487 e. The van der Waals surface area contributed by atoms with Gasteiger partial charge in [0.05, 0.1) is 22.8 Å². The van der Waals surface area contributed by atoms with Crippen molar-refractivity contribution >= 4 is 13.2 Å². The summed E-state index contributed by atoms with van der Waals surface area (Å²) in [6.45, 7) is 8.12. The molecule has 0 aromatic heterocycles. The van der Waals surface area contributed by atoms with E-state index < -0.39 is 0 Å². The Bertz CT molecular complexity index is 510. The van der Waals surface area contributed by atoms with Crippen LogP contribution in [0.2, 0.25) is 0 Å². The quantitative estimate of drug-likeness (QED) is 0.762. The van der Waals surface area contributed by atoms with Gasteiger partial charge in [0.2, 0.25) is 0 Å². The molecule has 4 heteroatoms. The summed E-state index contributed by atoms with van der Waals surface area (Å²) in [6.07, 6.45) is 1.95. The molecule has 0 unspecified atom stereocenters. The number of nitrogens with zero attached hydrogens (tertiary/aromatic N) is 1. The highest BCUT2D eigenvalue weighted by Gasteiger charge is 2.49. The molecule has 2 rings (SSSR count). The van der Waals surface area contributed by atoms with Crippen LogP contribution in [0.15, 0.2) is 30.2 Å². The zero-order valence-corrected chi connectivity index (χ0v) is 11.8. The van der Waals surface area contributed by atoms with Crippen molar-refractivity contribution in [2.24, 2.45) is 0 Å². The molecule has 98 valence electrons. The molecule has 0 aliphatic carbocycles. The second-order valence-corrected chi connectivity index (χ2v) is 5.72. The van der Waals surface area contributed by atoms with E-state index in [-0.39, 0.29) is 18.3 Å². The molecule has 19 heavy (non-hydrogen) atoms. The van der Waals surface area contributed by atoms with Crippen LogP contribution in [-0.2, 0) is 9.31 Å². The van der Waals surface area contributed by atoms with Crippen LogP contribution in [0.5, 0.6) is 0 Å². The molecule has 1 aliphatic heterocycles. The normalized spacial score (nSPS) is 20.7. The fraction of sp³-hybridized carbons (Fsp3) is 0.400. The fourth-order valence-corrected chi connectivity index (χ4v) is 1.83. The molecule has 1 saturated heterocycles. The van der Waals surface area contributed by atoms with E-state index in [1.54, 1.807) is 12.1 Å². The summed E-state index contributed by atoms with van der Waals surface area (Å²) in [6, 6.07) is 9.50. The summed E-state index contributed by atoms with van der Waals surface area (Å²) >= 11 is 0. The van der Waals surface area contributed by atoms with Crippen LogP contribution in [0.3, 0.4) is 0 Å². The van der Waals surface area contributed by atoms with Gasteiger partial charge < -0.3 is 9.31 Å². The second kappa shape index (κ2) is 4.84. The first-order valence-corrected chi connectivity index (χ1v) is 6.38. The van der Waals surface area contributed by atoms with Gasteiger partial charge in [-0.25, -0.2) is 0 Å². The summed E-state index contributed by atoms with van der Waals surface area (Å²) in [5, 5.41) is 8.74. The topological polar surface area (TPSA) is 42.2 Å². The van der Waals surface area contributed by atoms with Crippen molar-refractivity contribution in [2.45, 2.75) is 38.9 Å². The highest BCUT2D eigenvalue weighted by Crippen LogP contribution is 2.36. The second-order valence-electron chi connectivity index (χ2n) is 5.72. The number of hydrogen-bond donors (Lipinski definition) is 0. The first-order chi connectivity index (χ1) is 8.84. The third-order valence-electron chi connectivity index (χ3n) is 3.76. The Morgan fingerprint density at radius 1 is 1.05 bits per heavy atom. The number of benzene rings is 1. The van der Waals surface area contributed by atoms with E-state index in [1.165, 1.54) is 0 Å². The molecule has 0 amide bonds. The third-order valence-corrected chi connectivity index (χ3v) is 3.76. The predicted octanol–water partition coefficient (Wildman–Crippen LogP) is 3.20. The van der Waals surface area contributed by atoms with Crippen molar-refractivity contribution in [3.05, 3.63) is 41.4 Å². The Kier molecular flexibility index (Phi) is 3.53. The molecule has 1 heterocycles. The van der Waals surface area contributed by atoms with Gasteiger partial charge in [0.25, 0.3) is 0 Å². The lowest BCUT2D eigenvalue weighted by atomic mass is 9.89. The van der Waals surface area contributed by atoms with E-state index >= 15 is 0 Å². The van der Waals surface area contributed by atoms with Crippen molar-refractivity contribution in [1.82, 2.24) is 0 Å². The van der Waals surface area contributed by atoms with Crippen molar-refractivity contribution in [1.29, 1.82) is 5.26 Å². The maximum atomic E-state index is 8.74. The first-order valence-electron chi connectivity index (χ1n) is 6.38. The molecule has 3 nitrogen and oxygen atoms in total. The molecule has 0 N–H and O–H groups in total. The summed E-state index contributed by atoms with van der Waals surface area (Å²) in [5.74, 6) is 1.90. The van der Waals surface area contributed by atoms with Gasteiger partial charge in [-0.2, -0.15) is 5.26 Å². The first kappa shape index (κ1) is 13.9. The average Bonchev–Trinajstić information content (AvgIpc) is 2.56. The van der Waals surface area contributed by atoms with Crippen LogP contribution in [0, 0.1) is 11.3 Å². The smallest absolute Gasteiger partial charge is 0.400 e. The van der Waals surface area contributed by atoms with Crippen molar-refractivity contribution in [3.8, 4) is 6.07 Å². The molecule has 1 aliphatic rings. The molecule has 0 spiro atoms. The largest absolute Gasteiger partial charge is 0.487 e. The van der Waals surface area contributed by atoms with E-state index in [1.807, 2.05) is 51.9 Å². The van der Waals surface area contributed by atoms with E-state index in [2.05, 4.69) is 6.07 Å². The van der Waals surface area contributed by atoms with Crippen LogP contribution < -0.4 is 0 Å². The highest BCUT2D eigenvalue weighted by molar-refractivity contribution is 6.52. The van der Waals surface area contributed by atoms with Gasteiger partial charge in [-0.3, -0.25) is 0 Å². The van der Waals surface area contributed by atoms with Crippen molar-refractivity contribution < 1.29 is 9.31 Å². The Labute approximate surface area is 115 Å². The minimum atomic E-state index is -0.333. The van der Waals surface area contributed by atoms with Gasteiger partial charge in [0.15, 0.2) is 0 Å². The lowest BCUT2D eigenvalue weighted by Gasteiger charge is -2.32. The molecule has 0 atom stereocenters. The SMILES string of the molecule is CC1(C)OB(/C=C\c2ccc(C#N)cc2)OC1(C)C. The van der Waals surface area contributed by atoms with E-state index in [0.29, 0.717) is 5.56 Å². The van der Waals surface area contributed by atoms with Gasteiger partial charge in [0, 0.05) is 0 Å². The maximum absolute atomic E-state index is 8.74. The fourth-order valence-electron chi connectivity index (χ4n) is 1.83. The van der Waals surface area contributed by atoms with Crippen LogP contribution >= 0.6 is 0 Å². The number of hydrogen-bond acceptors (Lipinski definition) is 3. The summed E-state index contributed by atoms with van der Waals surface area (Å²) in [5.41, 5.74) is 1.06. The third kappa shape index (κ3) is 2.89. The van der Waals surface area contributed by atoms with E-state index in [9.17, 15) is 0 Å². The zero-order valence-electron chi connectivity index (χ0n) is 11.8. The standard InChI is InChI=1S/C15H18BNO2/c1-14(2)15(3,4)19-16(18-14)10-9-12-5-7-13(11-17)8-6-12/h5-10H,1-4H3/b10-9-. The van der Waals surface area contributed by atoms with Gasteiger partial charge in [-0.1, -0.05) is 24.2 Å². The molecule has 0 saturated carbocycles. The molecule has 1 aromatic rings. The van der Waals surface area contributed by atoms with Crippen LogP contribution in [0.25, 0.3) is 6.08 Å². The lowest BCUT2D eigenvalue weighted by Crippen LogP contribution is -2.41. The minimum Gasteiger partial charge on any atom is -0.400 e. The molecular weight excluding hydrogens is 237 g/mol. The highest BCUT2D eigenvalue weighted by atomic mass is 16.7. The van der Waals surface area contributed by atoms with E-state index in [0.717, 1.165) is 5.56 Å². The predicted molar refractivity (Wildman–Crippen MR) is 76.3 cm³/mol. The van der Waals surface area contributed by atoms with Crippen LogP contribution in [-0.4, -0.2) is 18.3 Å². The molecule has 1 fully saturated rings. The van der Waals surface area contributed by atoms with Gasteiger partial charge in [-0.15, -0.1) is 0 Å². The molecular formula is C15H18BNO2. The van der Waals surface area contributed by atoms with Gasteiger partial charge in [-0.05, 0) is 45.4 Å². The van der Waals surface area contributed by atoms with Crippen molar-refractivity contribution in [2.75, 3.05) is 0 Å². The number of rotatable bonds is 2. The summed E-state index contributed by atoms with van der Waals surface area (Å²) < 4.78 is 11.7. The van der Waals surface area contributed by atoms with Gasteiger partial charge >= 0.3 is 7.12 Å². The van der Waals surface area contributed by atoms with Crippen LogP contribution in [0.4, 0.5) is 0 Å². The molecule has 0 radical (unpaired) electrons. The Balaban J connectivity index is 2.06. The Hall–Kier alpha value is -1.57. The van der Waals surface area contributed by atoms with Gasteiger partial charge in [0.1, 0.15) is 0 Å². The minimum absolute atomic E-state index is 0.313. The summed E-state index contributed by atoms with van der Waals surface area (Å²) in [4.78, 5) is 0. The summed E-state index contributed by atoms with van der Waals surface area (Å²) in [7, 11) is -0.333. The average molecular weight is 255 g/mol. The van der Waals surface area contributed by atoms with Crippen LogP contribution in [0.1, 0.15) is 38.8 Å². The number of nitriles is 1.